The van der Waals surface area contributed by atoms with Gasteiger partial charge < -0.3 is 15.5 Å². The molecule has 0 aliphatic rings. The Hall–Kier alpha value is -1.82. The van der Waals surface area contributed by atoms with Gasteiger partial charge in [0.05, 0.1) is 0 Å². The Morgan fingerprint density at radius 3 is 2.79 bits per heavy atom. The number of halogens is 1. The van der Waals surface area contributed by atoms with E-state index in [2.05, 4.69) is 52.2 Å². The molecule has 0 aliphatic heterocycles. The van der Waals surface area contributed by atoms with Gasteiger partial charge >= 0.3 is 0 Å². The van der Waals surface area contributed by atoms with Crippen LogP contribution in [0.2, 0.25) is 0 Å². The number of carbonyl (C=O) groups excluding carboxylic acids is 1. The second kappa shape index (κ2) is 7.83. The first-order valence-electron chi connectivity index (χ1n) is 8.05. The van der Waals surface area contributed by atoms with Gasteiger partial charge in [0.2, 0.25) is 0 Å². The van der Waals surface area contributed by atoms with Gasteiger partial charge in [0, 0.05) is 34.5 Å². The summed E-state index contributed by atoms with van der Waals surface area (Å²) in [4.78, 5) is 15.4. The third-order valence-electron chi connectivity index (χ3n) is 3.86. The van der Waals surface area contributed by atoms with Crippen LogP contribution in [0.3, 0.4) is 0 Å². The van der Waals surface area contributed by atoms with Crippen molar-refractivity contribution in [2.75, 3.05) is 6.54 Å². The van der Waals surface area contributed by atoms with Crippen LogP contribution in [0.15, 0.2) is 34.0 Å². The fourth-order valence-corrected chi connectivity index (χ4v) is 2.92. The monoisotopic (exact) mass is 393 g/mol. The molecule has 0 aliphatic carbocycles. The van der Waals surface area contributed by atoms with Crippen molar-refractivity contribution in [2.24, 2.45) is 10.6 Å². The molecular weight excluding hydrogens is 370 g/mol. The second-order valence-corrected chi connectivity index (χ2v) is 8.06. The molecule has 5 nitrogen and oxygen atoms in total. The number of aromatic nitrogens is 1. The van der Waals surface area contributed by atoms with Gasteiger partial charge in [0.25, 0.3) is 5.91 Å². The summed E-state index contributed by atoms with van der Waals surface area (Å²) in [5.41, 5.74) is 2.27. The fraction of sp³-hybridized carbons (Fsp3) is 0.444. The van der Waals surface area contributed by atoms with Gasteiger partial charge in [-0.2, -0.15) is 0 Å². The van der Waals surface area contributed by atoms with Crippen molar-refractivity contribution in [1.82, 2.24) is 10.3 Å². The molecule has 1 aromatic carbocycles. The molecule has 0 unspecified atom stereocenters. The van der Waals surface area contributed by atoms with Crippen LogP contribution < -0.4 is 5.32 Å². The van der Waals surface area contributed by atoms with Crippen molar-refractivity contribution in [1.29, 1.82) is 0 Å². The standard InChI is InChI=1S/C18H24BrN3O2/c1-18(2,3)7-4-8-20-17(23)16(22-24)9-12-11-21-15-6-5-13(19)10-14(12)15/h5-6,10-11,21,24H,4,7-9H2,1-3H3,(H,20,23)/b22-16+. The van der Waals surface area contributed by atoms with E-state index in [1.165, 1.54) is 0 Å². The van der Waals surface area contributed by atoms with Crippen molar-refractivity contribution < 1.29 is 10.0 Å². The number of nitrogens with one attached hydrogen (secondary N) is 2. The molecule has 1 amide bonds. The molecule has 1 heterocycles. The van der Waals surface area contributed by atoms with Crippen molar-refractivity contribution in [3.63, 3.8) is 0 Å². The van der Waals surface area contributed by atoms with Gasteiger partial charge in [-0.05, 0) is 42.0 Å². The molecule has 0 radical (unpaired) electrons. The zero-order valence-corrected chi connectivity index (χ0v) is 15.9. The van der Waals surface area contributed by atoms with E-state index in [9.17, 15) is 10.0 Å². The quantitative estimate of drug-likeness (QED) is 0.297. The first kappa shape index (κ1) is 18.5. The summed E-state index contributed by atoms with van der Waals surface area (Å²) in [6, 6.07) is 5.90. The lowest BCUT2D eigenvalue weighted by Gasteiger charge is -2.17. The fourth-order valence-electron chi connectivity index (χ4n) is 2.56. The molecule has 0 spiro atoms. The Kier molecular flexibility index (Phi) is 6.04. The summed E-state index contributed by atoms with van der Waals surface area (Å²) in [5.74, 6) is -0.323. The second-order valence-electron chi connectivity index (χ2n) is 7.15. The lowest BCUT2D eigenvalue weighted by molar-refractivity contribution is -0.115. The first-order valence-corrected chi connectivity index (χ1v) is 8.84. The number of oxime groups is 1. The number of fused-ring (bicyclic) bond motifs is 1. The van der Waals surface area contributed by atoms with E-state index < -0.39 is 0 Å². The molecule has 0 fully saturated rings. The van der Waals surface area contributed by atoms with Crippen LogP contribution in [-0.4, -0.2) is 28.4 Å². The lowest BCUT2D eigenvalue weighted by Crippen LogP contribution is -2.33. The molecule has 130 valence electrons. The number of hydrogen-bond acceptors (Lipinski definition) is 3. The Morgan fingerprint density at radius 1 is 1.38 bits per heavy atom. The summed E-state index contributed by atoms with van der Waals surface area (Å²) in [7, 11) is 0. The maximum absolute atomic E-state index is 12.2. The third kappa shape index (κ3) is 5.09. The van der Waals surface area contributed by atoms with Crippen molar-refractivity contribution >= 4 is 38.5 Å². The molecule has 2 aromatic rings. The number of carbonyl (C=O) groups is 1. The van der Waals surface area contributed by atoms with E-state index in [0.29, 0.717) is 6.54 Å². The molecular formula is C18H24BrN3O2. The number of benzene rings is 1. The predicted octanol–water partition coefficient (Wildman–Crippen LogP) is 4.25. The minimum Gasteiger partial charge on any atom is -0.410 e. The molecule has 0 saturated heterocycles. The Balaban J connectivity index is 1.98. The normalized spacial score (nSPS) is 12.6. The minimum absolute atomic E-state index is 0.117. The highest BCUT2D eigenvalue weighted by Crippen LogP contribution is 2.23. The highest BCUT2D eigenvalue weighted by molar-refractivity contribution is 9.10. The summed E-state index contributed by atoms with van der Waals surface area (Å²) in [5, 5.41) is 16.2. The van der Waals surface area contributed by atoms with Crippen LogP contribution >= 0.6 is 15.9 Å². The number of nitrogens with zero attached hydrogens (tertiary/aromatic N) is 1. The van der Waals surface area contributed by atoms with Gasteiger partial charge in [0.15, 0.2) is 0 Å². The zero-order valence-electron chi connectivity index (χ0n) is 14.3. The maximum Gasteiger partial charge on any atom is 0.269 e. The summed E-state index contributed by atoms with van der Waals surface area (Å²) in [6.45, 7) is 7.09. The topological polar surface area (TPSA) is 77.5 Å². The van der Waals surface area contributed by atoms with E-state index in [-0.39, 0.29) is 23.5 Å². The van der Waals surface area contributed by atoms with Crippen molar-refractivity contribution in [3.05, 3.63) is 34.4 Å². The molecule has 2 rings (SSSR count). The average molecular weight is 394 g/mol. The van der Waals surface area contributed by atoms with Crippen LogP contribution in [0.1, 0.15) is 39.2 Å². The Morgan fingerprint density at radius 2 is 2.12 bits per heavy atom. The number of amides is 1. The van der Waals surface area contributed by atoms with Gasteiger partial charge in [0.1, 0.15) is 5.71 Å². The van der Waals surface area contributed by atoms with Crippen molar-refractivity contribution in [2.45, 2.75) is 40.0 Å². The SMILES string of the molecule is CC(C)(C)CCCNC(=O)/C(Cc1c[nH]c2ccc(Br)cc12)=N/O. The number of aromatic amines is 1. The summed E-state index contributed by atoms with van der Waals surface area (Å²) < 4.78 is 0.963. The molecule has 1 aromatic heterocycles. The zero-order chi connectivity index (χ0) is 17.7. The highest BCUT2D eigenvalue weighted by atomic mass is 79.9. The van der Waals surface area contributed by atoms with E-state index >= 15 is 0 Å². The van der Waals surface area contributed by atoms with Gasteiger partial charge in [-0.3, -0.25) is 4.79 Å². The maximum atomic E-state index is 12.2. The number of rotatable bonds is 6. The largest absolute Gasteiger partial charge is 0.410 e. The first-order chi connectivity index (χ1) is 11.3. The number of hydrogen-bond donors (Lipinski definition) is 3. The van der Waals surface area contributed by atoms with E-state index in [0.717, 1.165) is 33.8 Å². The summed E-state index contributed by atoms with van der Waals surface area (Å²) >= 11 is 3.45. The van der Waals surface area contributed by atoms with Crippen LogP contribution in [0.4, 0.5) is 0 Å². The molecule has 3 N–H and O–H groups in total. The van der Waals surface area contributed by atoms with Crippen molar-refractivity contribution in [3.8, 4) is 0 Å². The van der Waals surface area contributed by atoms with Gasteiger partial charge in [-0.1, -0.05) is 41.9 Å². The van der Waals surface area contributed by atoms with Crippen LogP contribution in [0.25, 0.3) is 10.9 Å². The third-order valence-corrected chi connectivity index (χ3v) is 4.35. The molecule has 0 saturated carbocycles. The van der Waals surface area contributed by atoms with E-state index in [1.807, 2.05) is 24.4 Å². The number of H-pyrrole nitrogens is 1. The average Bonchev–Trinajstić information content (AvgIpc) is 2.90. The molecule has 24 heavy (non-hydrogen) atoms. The summed E-state index contributed by atoms with van der Waals surface area (Å²) in [6.07, 6.45) is 4.04. The van der Waals surface area contributed by atoms with Gasteiger partial charge in [-0.25, -0.2) is 0 Å². The lowest BCUT2D eigenvalue weighted by atomic mass is 9.91. The van der Waals surface area contributed by atoms with Gasteiger partial charge in [-0.15, -0.1) is 0 Å². The van der Waals surface area contributed by atoms with E-state index in [1.54, 1.807) is 0 Å². The van der Waals surface area contributed by atoms with E-state index in [4.69, 9.17) is 0 Å². The van der Waals surface area contributed by atoms with Crippen LogP contribution in [0, 0.1) is 5.41 Å². The molecule has 0 bridgehead atoms. The molecule has 6 heteroatoms. The minimum atomic E-state index is -0.323. The molecule has 0 atom stereocenters. The van der Waals surface area contributed by atoms with Crippen LogP contribution in [0.5, 0.6) is 0 Å². The van der Waals surface area contributed by atoms with Crippen LogP contribution in [-0.2, 0) is 11.2 Å². The Bertz CT molecular complexity index is 744. The predicted molar refractivity (Wildman–Crippen MR) is 101 cm³/mol. The smallest absolute Gasteiger partial charge is 0.269 e. The Labute approximate surface area is 150 Å². The highest BCUT2D eigenvalue weighted by Gasteiger charge is 2.16.